The van der Waals surface area contributed by atoms with Gasteiger partial charge in [-0.15, -0.1) is 0 Å². The van der Waals surface area contributed by atoms with Crippen molar-refractivity contribution in [3.05, 3.63) is 63.6 Å². The molecule has 0 aliphatic carbocycles. The Balaban J connectivity index is 1.94. The maximum absolute atomic E-state index is 12.0. The molecule has 0 saturated carbocycles. The minimum atomic E-state index is -0.169. The molecule has 2 amide bonds. The van der Waals surface area contributed by atoms with Crippen LogP contribution in [0, 0.1) is 0 Å². The number of amides is 2. The van der Waals surface area contributed by atoms with Crippen molar-refractivity contribution >= 4 is 45.0 Å². The average Bonchev–Trinajstić information content (AvgIpc) is 2.53. The SMILES string of the molecule is CC(=O)N(CCNC(=O)c1ccc(Br)cc1)c1ccc(Cl)cc1. The molecule has 0 spiro atoms. The molecule has 0 aliphatic rings. The average molecular weight is 396 g/mol. The minimum absolute atomic E-state index is 0.0924. The minimum Gasteiger partial charge on any atom is -0.350 e. The van der Waals surface area contributed by atoms with E-state index in [4.69, 9.17) is 11.6 Å². The number of rotatable bonds is 5. The number of anilines is 1. The van der Waals surface area contributed by atoms with Crippen molar-refractivity contribution in [3.8, 4) is 0 Å². The van der Waals surface area contributed by atoms with Crippen LogP contribution in [0.1, 0.15) is 17.3 Å². The molecule has 2 aromatic carbocycles. The van der Waals surface area contributed by atoms with Gasteiger partial charge in [0.1, 0.15) is 0 Å². The molecule has 0 aromatic heterocycles. The summed E-state index contributed by atoms with van der Waals surface area (Å²) >= 11 is 9.18. The molecule has 0 heterocycles. The number of carbonyl (C=O) groups is 2. The Kier molecular flexibility index (Phi) is 6.19. The Morgan fingerprint density at radius 2 is 1.70 bits per heavy atom. The standard InChI is InChI=1S/C17H16BrClN2O2/c1-12(22)21(16-8-6-15(19)7-9-16)11-10-20-17(23)13-2-4-14(18)5-3-13/h2-9H,10-11H2,1H3,(H,20,23). The molecule has 4 nitrogen and oxygen atoms in total. The zero-order valence-corrected chi connectivity index (χ0v) is 14.9. The van der Waals surface area contributed by atoms with Gasteiger partial charge in [-0.3, -0.25) is 9.59 Å². The largest absolute Gasteiger partial charge is 0.350 e. The lowest BCUT2D eigenvalue weighted by molar-refractivity contribution is -0.116. The molecule has 6 heteroatoms. The first-order valence-corrected chi connectivity index (χ1v) is 8.22. The third-order valence-corrected chi connectivity index (χ3v) is 4.03. The molecule has 2 aromatic rings. The second kappa shape index (κ2) is 8.13. The highest BCUT2D eigenvalue weighted by molar-refractivity contribution is 9.10. The van der Waals surface area contributed by atoms with E-state index in [1.165, 1.54) is 6.92 Å². The van der Waals surface area contributed by atoms with Gasteiger partial charge in [-0.25, -0.2) is 0 Å². The smallest absolute Gasteiger partial charge is 0.251 e. The molecule has 120 valence electrons. The third kappa shape index (κ3) is 5.08. The van der Waals surface area contributed by atoms with E-state index in [2.05, 4.69) is 21.2 Å². The summed E-state index contributed by atoms with van der Waals surface area (Å²) in [6.45, 7) is 2.24. The van der Waals surface area contributed by atoms with Gasteiger partial charge >= 0.3 is 0 Å². The van der Waals surface area contributed by atoms with Crippen LogP contribution in [0.2, 0.25) is 5.02 Å². The van der Waals surface area contributed by atoms with Crippen LogP contribution in [-0.4, -0.2) is 24.9 Å². The van der Waals surface area contributed by atoms with Gasteiger partial charge in [0, 0.05) is 40.8 Å². The second-order valence-electron chi connectivity index (χ2n) is 4.91. The first-order chi connectivity index (χ1) is 11.0. The quantitative estimate of drug-likeness (QED) is 0.835. The zero-order valence-electron chi connectivity index (χ0n) is 12.6. The lowest BCUT2D eigenvalue weighted by Crippen LogP contribution is -2.37. The number of nitrogens with zero attached hydrogens (tertiary/aromatic N) is 1. The van der Waals surface area contributed by atoms with Crippen molar-refractivity contribution in [1.82, 2.24) is 5.32 Å². The van der Waals surface area contributed by atoms with E-state index >= 15 is 0 Å². The van der Waals surface area contributed by atoms with E-state index in [1.54, 1.807) is 41.3 Å². The van der Waals surface area contributed by atoms with Crippen molar-refractivity contribution in [2.24, 2.45) is 0 Å². The van der Waals surface area contributed by atoms with Crippen LogP contribution in [0.3, 0.4) is 0 Å². The van der Waals surface area contributed by atoms with Gasteiger partial charge in [-0.2, -0.15) is 0 Å². The summed E-state index contributed by atoms with van der Waals surface area (Å²) < 4.78 is 0.916. The van der Waals surface area contributed by atoms with E-state index in [1.807, 2.05) is 12.1 Å². The fourth-order valence-corrected chi connectivity index (χ4v) is 2.46. The van der Waals surface area contributed by atoms with Crippen molar-refractivity contribution in [2.75, 3.05) is 18.0 Å². The topological polar surface area (TPSA) is 49.4 Å². The molecule has 0 saturated heterocycles. The van der Waals surface area contributed by atoms with Crippen LogP contribution in [0.4, 0.5) is 5.69 Å². The molecular weight excluding hydrogens is 380 g/mol. The van der Waals surface area contributed by atoms with Gasteiger partial charge in [0.05, 0.1) is 0 Å². The maximum Gasteiger partial charge on any atom is 0.251 e. The molecule has 0 radical (unpaired) electrons. The first kappa shape index (κ1) is 17.5. The van der Waals surface area contributed by atoms with Crippen LogP contribution >= 0.6 is 27.5 Å². The van der Waals surface area contributed by atoms with Crippen LogP contribution in [-0.2, 0) is 4.79 Å². The van der Waals surface area contributed by atoms with E-state index < -0.39 is 0 Å². The highest BCUT2D eigenvalue weighted by Crippen LogP contribution is 2.18. The van der Waals surface area contributed by atoms with Crippen LogP contribution in [0.5, 0.6) is 0 Å². The van der Waals surface area contributed by atoms with E-state index in [0.717, 1.165) is 10.2 Å². The van der Waals surface area contributed by atoms with Crippen molar-refractivity contribution in [3.63, 3.8) is 0 Å². The van der Waals surface area contributed by atoms with Gasteiger partial charge < -0.3 is 10.2 Å². The van der Waals surface area contributed by atoms with Crippen molar-refractivity contribution in [1.29, 1.82) is 0 Å². The van der Waals surface area contributed by atoms with Crippen LogP contribution in [0.25, 0.3) is 0 Å². The van der Waals surface area contributed by atoms with E-state index in [9.17, 15) is 9.59 Å². The summed E-state index contributed by atoms with van der Waals surface area (Å²) in [7, 11) is 0. The summed E-state index contributed by atoms with van der Waals surface area (Å²) in [6.07, 6.45) is 0. The van der Waals surface area contributed by atoms with Gasteiger partial charge in [-0.05, 0) is 48.5 Å². The van der Waals surface area contributed by atoms with Gasteiger partial charge in [0.2, 0.25) is 5.91 Å². The number of benzene rings is 2. The molecule has 0 aliphatic heterocycles. The Morgan fingerprint density at radius 3 is 2.26 bits per heavy atom. The fourth-order valence-electron chi connectivity index (χ4n) is 2.07. The molecule has 0 fully saturated rings. The number of nitrogens with one attached hydrogen (secondary N) is 1. The lowest BCUT2D eigenvalue weighted by atomic mass is 10.2. The summed E-state index contributed by atoms with van der Waals surface area (Å²) in [5.74, 6) is -0.262. The van der Waals surface area contributed by atoms with Crippen molar-refractivity contribution in [2.45, 2.75) is 6.92 Å². The van der Waals surface area contributed by atoms with Gasteiger partial charge in [0.25, 0.3) is 5.91 Å². The monoisotopic (exact) mass is 394 g/mol. The van der Waals surface area contributed by atoms with Crippen LogP contribution < -0.4 is 10.2 Å². The van der Waals surface area contributed by atoms with Gasteiger partial charge in [0.15, 0.2) is 0 Å². The highest BCUT2D eigenvalue weighted by atomic mass is 79.9. The summed E-state index contributed by atoms with van der Waals surface area (Å²) in [4.78, 5) is 25.4. The first-order valence-electron chi connectivity index (χ1n) is 7.05. The number of hydrogen-bond acceptors (Lipinski definition) is 2. The normalized spacial score (nSPS) is 10.2. The second-order valence-corrected chi connectivity index (χ2v) is 6.26. The molecule has 0 bridgehead atoms. The Hall–Kier alpha value is -1.85. The third-order valence-electron chi connectivity index (χ3n) is 3.25. The molecule has 0 unspecified atom stereocenters. The number of hydrogen-bond donors (Lipinski definition) is 1. The van der Waals surface area contributed by atoms with Gasteiger partial charge in [-0.1, -0.05) is 27.5 Å². The molecule has 1 N–H and O–H groups in total. The summed E-state index contributed by atoms with van der Waals surface area (Å²) in [6, 6.07) is 14.1. The Labute approximate surface area is 148 Å². The van der Waals surface area contributed by atoms with E-state index in [-0.39, 0.29) is 11.8 Å². The molecular formula is C17H16BrClN2O2. The number of carbonyl (C=O) groups excluding carboxylic acids is 2. The Bertz CT molecular complexity index is 687. The Morgan fingerprint density at radius 1 is 1.09 bits per heavy atom. The van der Waals surface area contributed by atoms with E-state index in [0.29, 0.717) is 23.7 Å². The summed E-state index contributed by atoms with van der Waals surface area (Å²) in [5, 5.41) is 3.42. The predicted octanol–water partition coefficient (Wildman–Crippen LogP) is 3.89. The number of halogens is 2. The highest BCUT2D eigenvalue weighted by Gasteiger charge is 2.12. The maximum atomic E-state index is 12.0. The lowest BCUT2D eigenvalue weighted by Gasteiger charge is -2.21. The van der Waals surface area contributed by atoms with Crippen molar-refractivity contribution < 1.29 is 9.59 Å². The molecule has 0 atom stereocenters. The summed E-state index contributed by atoms with van der Waals surface area (Å²) in [5.41, 5.74) is 1.33. The molecule has 23 heavy (non-hydrogen) atoms. The predicted molar refractivity (Wildman–Crippen MR) is 96.0 cm³/mol. The zero-order chi connectivity index (χ0) is 16.8. The van der Waals surface area contributed by atoms with Crippen LogP contribution in [0.15, 0.2) is 53.0 Å². The fraction of sp³-hybridized carbons (Fsp3) is 0.176. The molecule has 2 rings (SSSR count).